The van der Waals surface area contributed by atoms with Gasteiger partial charge in [-0.25, -0.2) is 0 Å². The molecule has 7 heteroatoms. The van der Waals surface area contributed by atoms with Gasteiger partial charge in [0, 0.05) is 50.6 Å². The minimum absolute atomic E-state index is 0.799. The first-order valence-corrected chi connectivity index (χ1v) is 18.8. The van der Waals surface area contributed by atoms with Crippen molar-refractivity contribution in [1.29, 1.82) is 0 Å². The van der Waals surface area contributed by atoms with Crippen LogP contribution in [0.3, 0.4) is 0 Å². The van der Waals surface area contributed by atoms with Gasteiger partial charge in [-0.15, -0.1) is 0 Å². The van der Waals surface area contributed by atoms with E-state index in [0.717, 1.165) is 84.6 Å². The van der Waals surface area contributed by atoms with Crippen LogP contribution in [-0.2, 0) is 0 Å². The molecule has 0 fully saturated rings. The lowest BCUT2D eigenvalue weighted by Gasteiger charge is -2.26. The normalized spacial score (nSPS) is 11.2. The van der Waals surface area contributed by atoms with Crippen molar-refractivity contribution in [2.45, 2.75) is 0 Å². The summed E-state index contributed by atoms with van der Waals surface area (Å²) in [5, 5.41) is 4.63. The van der Waals surface area contributed by atoms with Crippen molar-refractivity contribution in [3.05, 3.63) is 176 Å². The lowest BCUT2D eigenvalue weighted by atomic mass is 10.1. The SMILES string of the molecule is COc1ccc(N(c2ccc(OC)cc2)c2ccc3c(c2)c2cc(N(c4ccc(OC)cc4)c4ccc(OC)cc4)ccc2n3-c2ccc3ccccc3c2)cc1. The fraction of sp³-hybridized carbons (Fsp3) is 0.0800. The second kappa shape index (κ2) is 15.0. The summed E-state index contributed by atoms with van der Waals surface area (Å²) in [6.07, 6.45) is 0. The van der Waals surface area contributed by atoms with Crippen molar-refractivity contribution in [2.24, 2.45) is 0 Å². The number of anilines is 6. The van der Waals surface area contributed by atoms with E-state index < -0.39 is 0 Å². The van der Waals surface area contributed by atoms with E-state index in [1.807, 2.05) is 48.5 Å². The number of benzene rings is 8. The molecule has 0 amide bonds. The molecule has 1 aromatic heterocycles. The molecule has 9 aromatic rings. The van der Waals surface area contributed by atoms with Crippen LogP contribution < -0.4 is 28.7 Å². The van der Waals surface area contributed by atoms with E-state index in [1.165, 1.54) is 10.8 Å². The summed E-state index contributed by atoms with van der Waals surface area (Å²) >= 11 is 0. The van der Waals surface area contributed by atoms with Crippen LogP contribution in [0.2, 0.25) is 0 Å². The first-order chi connectivity index (χ1) is 28.0. The fourth-order valence-electron chi connectivity index (χ4n) is 7.69. The van der Waals surface area contributed by atoms with Crippen LogP contribution in [0.25, 0.3) is 38.3 Å². The minimum atomic E-state index is 0.799. The molecule has 0 atom stereocenters. The maximum absolute atomic E-state index is 5.53. The van der Waals surface area contributed by atoms with Crippen LogP contribution in [0.15, 0.2) is 176 Å². The van der Waals surface area contributed by atoms with Gasteiger partial charge in [0.05, 0.1) is 39.5 Å². The Hall–Kier alpha value is -7.38. The van der Waals surface area contributed by atoms with Gasteiger partial charge < -0.3 is 33.3 Å². The molecule has 0 aliphatic heterocycles. The molecule has 0 N–H and O–H groups in total. The maximum Gasteiger partial charge on any atom is 0.119 e. The second-order valence-electron chi connectivity index (χ2n) is 13.7. The maximum atomic E-state index is 5.53. The number of methoxy groups -OCH3 is 4. The number of ether oxygens (including phenoxy) is 4. The van der Waals surface area contributed by atoms with Crippen molar-refractivity contribution in [3.63, 3.8) is 0 Å². The second-order valence-corrected chi connectivity index (χ2v) is 13.7. The van der Waals surface area contributed by atoms with Gasteiger partial charge in [-0.05, 0) is 156 Å². The summed E-state index contributed by atoms with van der Waals surface area (Å²) in [4.78, 5) is 4.53. The Morgan fingerprint density at radius 2 is 0.684 bits per heavy atom. The minimum Gasteiger partial charge on any atom is -0.497 e. The van der Waals surface area contributed by atoms with E-state index >= 15 is 0 Å². The molecule has 0 spiro atoms. The van der Waals surface area contributed by atoms with Crippen LogP contribution in [0, 0.1) is 0 Å². The van der Waals surface area contributed by atoms with Crippen molar-refractivity contribution < 1.29 is 18.9 Å². The molecule has 0 saturated heterocycles. The van der Waals surface area contributed by atoms with Crippen LogP contribution in [0.4, 0.5) is 34.1 Å². The molecular weight excluding hydrogens is 707 g/mol. The molecular formula is C50H41N3O4. The zero-order valence-corrected chi connectivity index (χ0v) is 32.2. The predicted octanol–water partition coefficient (Wildman–Crippen LogP) is 12.9. The molecule has 9 rings (SSSR count). The lowest BCUT2D eigenvalue weighted by Crippen LogP contribution is -2.10. The van der Waals surface area contributed by atoms with Gasteiger partial charge in [0.2, 0.25) is 0 Å². The Morgan fingerprint density at radius 3 is 1.05 bits per heavy atom. The number of nitrogens with zero attached hydrogens (tertiary/aromatic N) is 3. The third-order valence-electron chi connectivity index (χ3n) is 10.6. The number of rotatable bonds is 11. The molecule has 0 saturated carbocycles. The third-order valence-corrected chi connectivity index (χ3v) is 10.6. The van der Waals surface area contributed by atoms with Crippen molar-refractivity contribution in [3.8, 4) is 28.7 Å². The Morgan fingerprint density at radius 1 is 0.333 bits per heavy atom. The first-order valence-electron chi connectivity index (χ1n) is 18.8. The number of fused-ring (bicyclic) bond motifs is 4. The average Bonchev–Trinajstić information content (AvgIpc) is 3.60. The summed E-state index contributed by atoms with van der Waals surface area (Å²) in [6, 6.07) is 61.4. The quantitative estimate of drug-likeness (QED) is 0.131. The average molecular weight is 748 g/mol. The van der Waals surface area contributed by atoms with E-state index in [4.69, 9.17) is 18.9 Å². The number of hydrogen-bond acceptors (Lipinski definition) is 6. The van der Waals surface area contributed by atoms with Gasteiger partial charge in [0.1, 0.15) is 23.0 Å². The number of hydrogen-bond donors (Lipinski definition) is 0. The van der Waals surface area contributed by atoms with Crippen LogP contribution in [0.1, 0.15) is 0 Å². The molecule has 0 unspecified atom stereocenters. The standard InChI is InChI=1S/C50H41N3O4/c1-54-43-21-11-36(12-22-43)51(37-13-23-44(55-2)24-14-37)41-19-29-49-47(32-41)48-33-42(20-30-50(48)53(49)40-10-9-34-7-5-6-8-35(34)31-40)52(38-15-25-45(56-3)26-16-38)39-17-27-46(57-4)28-18-39/h5-33H,1-4H3. The van der Waals surface area contributed by atoms with Gasteiger partial charge in [0.15, 0.2) is 0 Å². The van der Waals surface area contributed by atoms with Crippen molar-refractivity contribution in [1.82, 2.24) is 4.57 Å². The summed E-state index contributed by atoms with van der Waals surface area (Å²) in [7, 11) is 6.75. The molecule has 0 bridgehead atoms. The summed E-state index contributed by atoms with van der Waals surface area (Å²) < 4.78 is 24.5. The fourth-order valence-corrected chi connectivity index (χ4v) is 7.69. The zero-order valence-electron chi connectivity index (χ0n) is 32.2. The molecule has 0 aliphatic rings. The molecule has 1 heterocycles. The Balaban J connectivity index is 1.29. The highest BCUT2D eigenvalue weighted by atomic mass is 16.5. The molecule has 57 heavy (non-hydrogen) atoms. The Kier molecular flexibility index (Phi) is 9.32. The zero-order chi connectivity index (χ0) is 38.9. The molecule has 7 nitrogen and oxygen atoms in total. The highest BCUT2D eigenvalue weighted by Crippen LogP contribution is 2.43. The van der Waals surface area contributed by atoms with E-state index in [0.29, 0.717) is 0 Å². The first kappa shape index (κ1) is 35.3. The Labute approximate surface area is 332 Å². The van der Waals surface area contributed by atoms with Gasteiger partial charge >= 0.3 is 0 Å². The van der Waals surface area contributed by atoms with Crippen LogP contribution in [0.5, 0.6) is 23.0 Å². The summed E-state index contributed by atoms with van der Waals surface area (Å²) in [5.41, 5.74) is 9.35. The molecule has 280 valence electrons. The van der Waals surface area contributed by atoms with Gasteiger partial charge in [-0.3, -0.25) is 0 Å². The Bertz CT molecular complexity index is 2580. The monoisotopic (exact) mass is 747 g/mol. The van der Waals surface area contributed by atoms with Crippen molar-refractivity contribution >= 4 is 66.7 Å². The summed E-state index contributed by atoms with van der Waals surface area (Å²) in [6.45, 7) is 0. The lowest BCUT2D eigenvalue weighted by molar-refractivity contribution is 0.414. The topological polar surface area (TPSA) is 48.3 Å². The van der Waals surface area contributed by atoms with Crippen LogP contribution >= 0.6 is 0 Å². The highest BCUT2D eigenvalue weighted by Gasteiger charge is 2.21. The van der Waals surface area contributed by atoms with E-state index in [-0.39, 0.29) is 0 Å². The van der Waals surface area contributed by atoms with Crippen molar-refractivity contribution in [2.75, 3.05) is 38.2 Å². The summed E-state index contributed by atoms with van der Waals surface area (Å²) in [5.74, 6) is 3.20. The largest absolute Gasteiger partial charge is 0.497 e. The van der Waals surface area contributed by atoms with Gasteiger partial charge in [-0.2, -0.15) is 0 Å². The predicted molar refractivity (Wildman–Crippen MR) is 234 cm³/mol. The molecule has 8 aromatic carbocycles. The number of aromatic nitrogens is 1. The van der Waals surface area contributed by atoms with Gasteiger partial charge in [0.25, 0.3) is 0 Å². The smallest absolute Gasteiger partial charge is 0.119 e. The van der Waals surface area contributed by atoms with E-state index in [1.54, 1.807) is 28.4 Å². The molecule has 0 radical (unpaired) electrons. The van der Waals surface area contributed by atoms with E-state index in [9.17, 15) is 0 Å². The van der Waals surface area contributed by atoms with Crippen LogP contribution in [-0.4, -0.2) is 33.0 Å². The van der Waals surface area contributed by atoms with E-state index in [2.05, 4.69) is 142 Å². The highest BCUT2D eigenvalue weighted by molar-refractivity contribution is 6.12. The van der Waals surface area contributed by atoms with Gasteiger partial charge in [-0.1, -0.05) is 30.3 Å². The third kappa shape index (κ3) is 6.59. The molecule has 0 aliphatic carbocycles.